The van der Waals surface area contributed by atoms with Gasteiger partial charge < -0.3 is 15.6 Å². The number of nitrogens with zero attached hydrogens (tertiary/aromatic N) is 1. The fourth-order valence-corrected chi connectivity index (χ4v) is 2.46. The first kappa shape index (κ1) is 9.39. The largest absolute Gasteiger partial charge is 0.368 e. The summed E-state index contributed by atoms with van der Waals surface area (Å²) in [6, 6.07) is 1.68. The van der Waals surface area contributed by atoms with Crippen LogP contribution < -0.4 is 11.1 Å². The molecule has 1 atom stereocenters. The maximum Gasteiger partial charge on any atom is 0.273 e. The Labute approximate surface area is 85.4 Å². The molecule has 2 heterocycles. The van der Waals surface area contributed by atoms with Crippen molar-refractivity contribution in [3.63, 3.8) is 0 Å². The van der Waals surface area contributed by atoms with E-state index in [-0.39, 0.29) is 23.5 Å². The number of nitrogens with one attached hydrogen (secondary N) is 1. The van der Waals surface area contributed by atoms with Crippen LogP contribution in [0.15, 0.2) is 10.6 Å². The van der Waals surface area contributed by atoms with E-state index in [2.05, 4.69) is 15.0 Å². The highest BCUT2D eigenvalue weighted by Crippen LogP contribution is 2.17. The summed E-state index contributed by atoms with van der Waals surface area (Å²) in [4.78, 5) is 11.5. The minimum Gasteiger partial charge on any atom is -0.368 e. The Morgan fingerprint density at radius 3 is 3.21 bits per heavy atom. The lowest BCUT2D eigenvalue weighted by molar-refractivity contribution is 0.0932. The van der Waals surface area contributed by atoms with Crippen LogP contribution in [-0.2, 0) is 0 Å². The van der Waals surface area contributed by atoms with Crippen LogP contribution in [0.1, 0.15) is 16.9 Å². The second kappa shape index (κ2) is 3.91. The summed E-state index contributed by atoms with van der Waals surface area (Å²) in [6.07, 6.45) is 1.02. The third-order valence-corrected chi connectivity index (χ3v) is 3.19. The molecule has 1 aromatic rings. The Morgan fingerprint density at radius 2 is 2.64 bits per heavy atom. The van der Waals surface area contributed by atoms with Gasteiger partial charge in [-0.1, -0.05) is 5.16 Å². The predicted molar refractivity (Wildman–Crippen MR) is 54.1 cm³/mol. The van der Waals surface area contributed by atoms with Gasteiger partial charge in [-0.3, -0.25) is 4.79 Å². The van der Waals surface area contributed by atoms with Gasteiger partial charge in [0.2, 0.25) is 5.88 Å². The Balaban J connectivity index is 1.95. The van der Waals surface area contributed by atoms with Gasteiger partial charge in [-0.15, -0.1) is 0 Å². The third-order valence-electron chi connectivity index (χ3n) is 2.03. The van der Waals surface area contributed by atoms with Crippen molar-refractivity contribution in [2.24, 2.45) is 0 Å². The molecule has 0 aromatic carbocycles. The molecule has 1 amide bonds. The second-order valence-electron chi connectivity index (χ2n) is 3.15. The number of nitrogen functional groups attached to an aromatic ring is 1. The van der Waals surface area contributed by atoms with E-state index in [4.69, 9.17) is 5.73 Å². The molecule has 1 saturated heterocycles. The highest BCUT2D eigenvalue weighted by atomic mass is 32.2. The number of amides is 1. The molecule has 76 valence electrons. The standard InChI is InChI=1S/C8H11N3O2S/c9-7-3-6(11-13-7)8(12)10-5-1-2-14-4-5/h3,5H,1-2,4,9H2,(H,10,12). The SMILES string of the molecule is Nc1cc(C(=O)NC2CCSC2)no1. The molecule has 1 aromatic heterocycles. The van der Waals surface area contributed by atoms with Crippen molar-refractivity contribution >= 4 is 23.6 Å². The molecule has 1 aliphatic rings. The van der Waals surface area contributed by atoms with E-state index in [1.807, 2.05) is 11.8 Å². The van der Waals surface area contributed by atoms with E-state index in [0.29, 0.717) is 0 Å². The molecule has 6 heteroatoms. The van der Waals surface area contributed by atoms with Crippen molar-refractivity contribution in [3.8, 4) is 0 Å². The Hall–Kier alpha value is -1.17. The van der Waals surface area contributed by atoms with Crippen molar-refractivity contribution in [2.75, 3.05) is 17.2 Å². The smallest absolute Gasteiger partial charge is 0.273 e. The molecule has 5 nitrogen and oxygen atoms in total. The maximum atomic E-state index is 11.5. The molecule has 3 N–H and O–H groups in total. The summed E-state index contributed by atoms with van der Waals surface area (Å²) in [5.41, 5.74) is 5.56. The zero-order chi connectivity index (χ0) is 9.97. The van der Waals surface area contributed by atoms with Crippen LogP contribution in [-0.4, -0.2) is 28.6 Å². The highest BCUT2D eigenvalue weighted by molar-refractivity contribution is 7.99. The Morgan fingerprint density at radius 1 is 1.79 bits per heavy atom. The summed E-state index contributed by atoms with van der Waals surface area (Å²) >= 11 is 1.84. The van der Waals surface area contributed by atoms with Crippen LogP contribution in [0.5, 0.6) is 0 Å². The minimum atomic E-state index is -0.210. The quantitative estimate of drug-likeness (QED) is 0.747. The van der Waals surface area contributed by atoms with Gasteiger partial charge >= 0.3 is 0 Å². The number of rotatable bonds is 2. The second-order valence-corrected chi connectivity index (χ2v) is 4.30. The highest BCUT2D eigenvalue weighted by Gasteiger charge is 2.20. The average molecular weight is 213 g/mol. The van der Waals surface area contributed by atoms with Crippen LogP contribution >= 0.6 is 11.8 Å². The van der Waals surface area contributed by atoms with Gasteiger partial charge in [-0.2, -0.15) is 11.8 Å². The molecule has 0 bridgehead atoms. The number of nitrogens with two attached hydrogens (primary N) is 1. The van der Waals surface area contributed by atoms with E-state index in [9.17, 15) is 4.79 Å². The van der Waals surface area contributed by atoms with E-state index in [1.54, 1.807) is 0 Å². The zero-order valence-corrected chi connectivity index (χ0v) is 8.34. The number of anilines is 1. The van der Waals surface area contributed by atoms with Gasteiger partial charge in [0.25, 0.3) is 5.91 Å². The molecule has 1 aliphatic heterocycles. The van der Waals surface area contributed by atoms with E-state index >= 15 is 0 Å². The number of carbonyl (C=O) groups is 1. The van der Waals surface area contributed by atoms with Crippen molar-refractivity contribution < 1.29 is 9.32 Å². The summed E-state index contributed by atoms with van der Waals surface area (Å²) in [5, 5.41) is 6.41. The van der Waals surface area contributed by atoms with Gasteiger partial charge in [-0.25, -0.2) is 0 Å². The first-order valence-corrected chi connectivity index (χ1v) is 5.52. The lowest BCUT2D eigenvalue weighted by Crippen LogP contribution is -2.34. The first-order chi connectivity index (χ1) is 6.75. The molecule has 0 aliphatic carbocycles. The Bertz CT molecular complexity index is 333. The van der Waals surface area contributed by atoms with Crippen molar-refractivity contribution in [3.05, 3.63) is 11.8 Å². The first-order valence-electron chi connectivity index (χ1n) is 4.36. The third kappa shape index (κ3) is 2.01. The lowest BCUT2D eigenvalue weighted by Gasteiger charge is -2.08. The number of thioether (sulfide) groups is 1. The summed E-state index contributed by atoms with van der Waals surface area (Å²) in [6.45, 7) is 0. The van der Waals surface area contributed by atoms with E-state index in [0.717, 1.165) is 17.9 Å². The van der Waals surface area contributed by atoms with Crippen LogP contribution in [0.3, 0.4) is 0 Å². The normalized spacial score (nSPS) is 21.0. The summed E-state index contributed by atoms with van der Waals surface area (Å²) < 4.78 is 4.61. The fraction of sp³-hybridized carbons (Fsp3) is 0.500. The summed E-state index contributed by atoms with van der Waals surface area (Å²) in [5.74, 6) is 2.03. The predicted octanol–water partition coefficient (Wildman–Crippen LogP) is 0.492. The Kier molecular flexibility index (Phi) is 2.62. The van der Waals surface area contributed by atoms with Crippen molar-refractivity contribution in [1.29, 1.82) is 0 Å². The van der Waals surface area contributed by atoms with Crippen LogP contribution in [0.25, 0.3) is 0 Å². The topological polar surface area (TPSA) is 81.2 Å². The van der Waals surface area contributed by atoms with Gasteiger partial charge in [-0.05, 0) is 12.2 Å². The molecule has 0 saturated carbocycles. The van der Waals surface area contributed by atoms with Gasteiger partial charge in [0.15, 0.2) is 5.69 Å². The van der Waals surface area contributed by atoms with E-state index in [1.165, 1.54) is 6.07 Å². The fourth-order valence-electron chi connectivity index (χ4n) is 1.30. The number of aromatic nitrogens is 1. The van der Waals surface area contributed by atoms with Gasteiger partial charge in [0.05, 0.1) is 0 Å². The van der Waals surface area contributed by atoms with E-state index < -0.39 is 0 Å². The lowest BCUT2D eigenvalue weighted by atomic mass is 10.2. The van der Waals surface area contributed by atoms with Gasteiger partial charge in [0.1, 0.15) is 0 Å². The minimum absolute atomic E-state index is 0.163. The molecular formula is C8H11N3O2S. The van der Waals surface area contributed by atoms with Gasteiger partial charge in [0, 0.05) is 17.9 Å². The molecule has 14 heavy (non-hydrogen) atoms. The monoisotopic (exact) mass is 213 g/mol. The molecule has 2 rings (SSSR count). The number of hydrogen-bond donors (Lipinski definition) is 2. The number of hydrogen-bond acceptors (Lipinski definition) is 5. The molecule has 1 fully saturated rings. The average Bonchev–Trinajstić information content (AvgIpc) is 2.75. The number of carbonyl (C=O) groups excluding carboxylic acids is 1. The molecular weight excluding hydrogens is 202 g/mol. The van der Waals surface area contributed by atoms with Crippen molar-refractivity contribution in [2.45, 2.75) is 12.5 Å². The molecule has 1 unspecified atom stereocenters. The zero-order valence-electron chi connectivity index (χ0n) is 7.53. The van der Waals surface area contributed by atoms with Crippen LogP contribution in [0, 0.1) is 0 Å². The van der Waals surface area contributed by atoms with Crippen LogP contribution in [0.2, 0.25) is 0 Å². The maximum absolute atomic E-state index is 11.5. The van der Waals surface area contributed by atoms with Crippen LogP contribution in [0.4, 0.5) is 5.88 Å². The van der Waals surface area contributed by atoms with Crippen molar-refractivity contribution in [1.82, 2.24) is 10.5 Å². The molecule has 0 radical (unpaired) electrons. The molecule has 0 spiro atoms. The summed E-state index contributed by atoms with van der Waals surface area (Å²) in [7, 11) is 0.